The van der Waals surface area contributed by atoms with E-state index in [1.165, 1.54) is 19.2 Å². The van der Waals surface area contributed by atoms with E-state index in [2.05, 4.69) is 5.32 Å². The minimum atomic E-state index is -0.993. The van der Waals surface area contributed by atoms with Crippen LogP contribution in [-0.4, -0.2) is 24.0 Å². The van der Waals surface area contributed by atoms with Crippen LogP contribution in [0.3, 0.4) is 0 Å². The number of ether oxygens (including phenoxy) is 1. The van der Waals surface area contributed by atoms with Gasteiger partial charge in [-0.05, 0) is 41.5 Å². The molecule has 2 rings (SSSR count). The summed E-state index contributed by atoms with van der Waals surface area (Å²) in [7, 11) is 1.46. The second kappa shape index (κ2) is 8.31. The van der Waals surface area contributed by atoms with Crippen LogP contribution in [0.1, 0.15) is 21.5 Å². The average molecular weight is 336 g/mol. The zero-order valence-electron chi connectivity index (χ0n) is 13.5. The summed E-state index contributed by atoms with van der Waals surface area (Å²) in [6.07, 6.45) is 1.47. The van der Waals surface area contributed by atoms with Gasteiger partial charge in [-0.1, -0.05) is 24.3 Å². The molecule has 0 saturated carbocycles. The van der Waals surface area contributed by atoms with Gasteiger partial charge in [0.05, 0.1) is 5.56 Å². The topological polar surface area (TPSA) is 99.4 Å². The summed E-state index contributed by atoms with van der Waals surface area (Å²) in [5, 5.41) is 20.4. The van der Waals surface area contributed by atoms with Gasteiger partial charge in [0.15, 0.2) is 0 Å². The van der Waals surface area contributed by atoms with Crippen molar-refractivity contribution in [2.75, 3.05) is 7.05 Å². The Labute approximate surface area is 145 Å². The first-order chi connectivity index (χ1) is 12.0. The lowest BCUT2D eigenvalue weighted by Gasteiger charge is -2.08. The predicted octanol–water partition coefficient (Wildman–Crippen LogP) is 2.62. The van der Waals surface area contributed by atoms with Crippen LogP contribution in [0.15, 0.2) is 54.1 Å². The van der Waals surface area contributed by atoms with E-state index in [0.29, 0.717) is 11.3 Å². The van der Waals surface area contributed by atoms with E-state index in [9.17, 15) is 9.59 Å². The van der Waals surface area contributed by atoms with E-state index in [-0.39, 0.29) is 17.7 Å². The van der Waals surface area contributed by atoms with Crippen LogP contribution >= 0.6 is 0 Å². The standard InChI is InChI=1S/C19H16N2O4/c1-21-18(22)16(11-20)8-13-4-3-7-17(10-13)25-12-14-5-2-6-15(9-14)19(23)24/h2-10H,12H2,1H3,(H,21,22)(H,23,24). The summed E-state index contributed by atoms with van der Waals surface area (Å²) in [6, 6.07) is 15.3. The molecule has 25 heavy (non-hydrogen) atoms. The van der Waals surface area contributed by atoms with Gasteiger partial charge in [0.2, 0.25) is 0 Å². The molecule has 0 radical (unpaired) electrons. The minimum absolute atomic E-state index is 0.00573. The van der Waals surface area contributed by atoms with Crippen molar-refractivity contribution in [2.45, 2.75) is 6.61 Å². The highest BCUT2D eigenvalue weighted by molar-refractivity contribution is 6.01. The molecule has 1 amide bonds. The normalized spacial score (nSPS) is 10.6. The van der Waals surface area contributed by atoms with E-state index in [4.69, 9.17) is 15.1 Å². The Balaban J connectivity index is 2.13. The predicted molar refractivity (Wildman–Crippen MR) is 91.8 cm³/mol. The second-order valence-electron chi connectivity index (χ2n) is 5.12. The van der Waals surface area contributed by atoms with Crippen LogP contribution < -0.4 is 10.1 Å². The fourth-order valence-corrected chi connectivity index (χ4v) is 2.10. The van der Waals surface area contributed by atoms with Crippen molar-refractivity contribution in [1.29, 1.82) is 5.26 Å². The first kappa shape index (κ1) is 17.8. The zero-order valence-corrected chi connectivity index (χ0v) is 13.5. The first-order valence-electron chi connectivity index (χ1n) is 7.42. The van der Waals surface area contributed by atoms with Crippen LogP contribution in [-0.2, 0) is 11.4 Å². The van der Waals surface area contributed by atoms with Gasteiger partial charge >= 0.3 is 5.97 Å². The number of hydrogen-bond donors (Lipinski definition) is 2. The Morgan fingerprint density at radius 2 is 2.00 bits per heavy atom. The number of likely N-dealkylation sites (N-methyl/N-ethyl adjacent to an activating group) is 1. The molecule has 0 spiro atoms. The first-order valence-corrected chi connectivity index (χ1v) is 7.42. The molecule has 0 fully saturated rings. The summed E-state index contributed by atoms with van der Waals surface area (Å²) in [4.78, 5) is 22.5. The van der Waals surface area contributed by atoms with Crippen LogP contribution in [0.5, 0.6) is 5.75 Å². The number of hydrogen-bond acceptors (Lipinski definition) is 4. The monoisotopic (exact) mass is 336 g/mol. The van der Waals surface area contributed by atoms with E-state index in [0.717, 1.165) is 5.56 Å². The Morgan fingerprint density at radius 1 is 1.24 bits per heavy atom. The number of nitrogens with one attached hydrogen (secondary N) is 1. The molecule has 0 unspecified atom stereocenters. The van der Waals surface area contributed by atoms with Gasteiger partial charge in [0.25, 0.3) is 5.91 Å². The number of carbonyl (C=O) groups is 2. The third-order valence-corrected chi connectivity index (χ3v) is 3.34. The molecule has 0 aliphatic rings. The van der Waals surface area contributed by atoms with E-state index >= 15 is 0 Å². The van der Waals surface area contributed by atoms with Crippen LogP contribution in [0.2, 0.25) is 0 Å². The molecular formula is C19H16N2O4. The Hall–Kier alpha value is -3.59. The largest absolute Gasteiger partial charge is 0.489 e. The highest BCUT2D eigenvalue weighted by atomic mass is 16.5. The summed E-state index contributed by atoms with van der Waals surface area (Å²) >= 11 is 0. The lowest BCUT2D eigenvalue weighted by molar-refractivity contribution is -0.116. The van der Waals surface area contributed by atoms with Crippen molar-refractivity contribution >= 4 is 18.0 Å². The van der Waals surface area contributed by atoms with Gasteiger partial charge in [-0.15, -0.1) is 0 Å². The van der Waals surface area contributed by atoms with Gasteiger partial charge in [-0.2, -0.15) is 5.26 Å². The maximum absolute atomic E-state index is 11.5. The highest BCUT2D eigenvalue weighted by Gasteiger charge is 2.07. The number of carboxylic acids is 1. The fourth-order valence-electron chi connectivity index (χ4n) is 2.10. The quantitative estimate of drug-likeness (QED) is 0.624. The second-order valence-corrected chi connectivity index (χ2v) is 5.12. The molecule has 6 heteroatoms. The van der Waals surface area contributed by atoms with Crippen molar-refractivity contribution < 1.29 is 19.4 Å². The molecule has 2 aromatic rings. The molecule has 0 aromatic heterocycles. The number of benzene rings is 2. The van der Waals surface area contributed by atoms with Crippen LogP contribution in [0.25, 0.3) is 6.08 Å². The van der Waals surface area contributed by atoms with Crippen molar-refractivity contribution in [2.24, 2.45) is 0 Å². The van der Waals surface area contributed by atoms with Crippen molar-refractivity contribution in [3.05, 3.63) is 70.8 Å². The molecule has 0 atom stereocenters. The number of amides is 1. The van der Waals surface area contributed by atoms with Gasteiger partial charge in [-0.3, -0.25) is 4.79 Å². The Morgan fingerprint density at radius 3 is 2.68 bits per heavy atom. The molecule has 0 heterocycles. The lowest BCUT2D eigenvalue weighted by atomic mass is 10.1. The number of nitriles is 1. The van der Waals surface area contributed by atoms with Gasteiger partial charge in [-0.25, -0.2) is 4.79 Å². The van der Waals surface area contributed by atoms with Crippen LogP contribution in [0.4, 0.5) is 0 Å². The van der Waals surface area contributed by atoms with Gasteiger partial charge in [0.1, 0.15) is 24.0 Å². The van der Waals surface area contributed by atoms with E-state index < -0.39 is 11.9 Å². The summed E-state index contributed by atoms with van der Waals surface area (Å²) < 4.78 is 5.66. The third kappa shape index (κ3) is 4.94. The summed E-state index contributed by atoms with van der Waals surface area (Å²) in [6.45, 7) is 0.203. The molecule has 0 saturated heterocycles. The van der Waals surface area contributed by atoms with Crippen LogP contribution in [0, 0.1) is 11.3 Å². The molecule has 6 nitrogen and oxygen atoms in total. The SMILES string of the molecule is CNC(=O)C(C#N)=Cc1cccc(OCc2cccc(C(=O)O)c2)c1. The number of aromatic carboxylic acids is 1. The van der Waals surface area contributed by atoms with Gasteiger partial charge in [0, 0.05) is 7.05 Å². The van der Waals surface area contributed by atoms with Gasteiger partial charge < -0.3 is 15.2 Å². The molecule has 2 N–H and O–H groups in total. The van der Waals surface area contributed by atoms with Crippen molar-refractivity contribution in [3.63, 3.8) is 0 Å². The zero-order chi connectivity index (χ0) is 18.2. The number of rotatable bonds is 6. The molecule has 126 valence electrons. The summed E-state index contributed by atoms with van der Waals surface area (Å²) in [5.74, 6) is -0.907. The Kier molecular flexibility index (Phi) is 5.91. The average Bonchev–Trinajstić information content (AvgIpc) is 2.64. The maximum Gasteiger partial charge on any atom is 0.335 e. The van der Waals surface area contributed by atoms with E-state index in [1.54, 1.807) is 42.5 Å². The molecular weight excluding hydrogens is 320 g/mol. The summed E-state index contributed by atoms with van der Waals surface area (Å²) in [5.41, 5.74) is 1.57. The Bertz CT molecular complexity index is 866. The van der Waals surface area contributed by atoms with Crippen molar-refractivity contribution in [3.8, 4) is 11.8 Å². The molecule has 0 aliphatic carbocycles. The maximum atomic E-state index is 11.5. The molecule has 0 bridgehead atoms. The van der Waals surface area contributed by atoms with Crippen molar-refractivity contribution in [1.82, 2.24) is 5.32 Å². The molecule has 2 aromatic carbocycles. The number of carboxylic acid groups (broad SMARTS) is 1. The minimum Gasteiger partial charge on any atom is -0.489 e. The lowest BCUT2D eigenvalue weighted by Crippen LogP contribution is -2.19. The molecule has 0 aliphatic heterocycles. The number of carbonyl (C=O) groups excluding carboxylic acids is 1. The smallest absolute Gasteiger partial charge is 0.335 e. The third-order valence-electron chi connectivity index (χ3n) is 3.34. The fraction of sp³-hybridized carbons (Fsp3) is 0.105. The van der Waals surface area contributed by atoms with E-state index in [1.807, 2.05) is 6.07 Å². The highest BCUT2D eigenvalue weighted by Crippen LogP contribution is 2.18. The number of nitrogens with zero attached hydrogens (tertiary/aromatic N) is 1.